The van der Waals surface area contributed by atoms with Crippen molar-refractivity contribution < 1.29 is 8.42 Å². The zero-order chi connectivity index (χ0) is 13.3. The monoisotopic (exact) mass is 352 g/mol. The Morgan fingerprint density at radius 1 is 1.56 bits per heavy atom. The zero-order valence-electron chi connectivity index (χ0n) is 10.2. The summed E-state index contributed by atoms with van der Waals surface area (Å²) in [5, 5.41) is 0. The maximum atomic E-state index is 12.6. The number of hydrogen-bond acceptors (Lipinski definition) is 4. The number of hydrogen-bond donors (Lipinski definition) is 1. The fourth-order valence-corrected chi connectivity index (χ4v) is 6.43. The van der Waals surface area contributed by atoms with Crippen LogP contribution in [0, 0.1) is 6.92 Å². The number of thiophene rings is 1. The second-order valence-electron chi connectivity index (χ2n) is 4.47. The Labute approximate surface area is 120 Å². The first-order valence-corrected chi connectivity index (χ1v) is 8.99. The van der Waals surface area contributed by atoms with Gasteiger partial charge in [0.1, 0.15) is 0 Å². The molecule has 1 aliphatic rings. The molecule has 1 aromatic rings. The summed E-state index contributed by atoms with van der Waals surface area (Å²) in [7, 11) is -3.40. The van der Waals surface area contributed by atoms with Crippen molar-refractivity contribution in [3.8, 4) is 0 Å². The van der Waals surface area contributed by atoms with Crippen molar-refractivity contribution in [3.63, 3.8) is 0 Å². The van der Waals surface area contributed by atoms with Crippen molar-refractivity contribution in [1.29, 1.82) is 0 Å². The Hall–Kier alpha value is 0.0500. The molecule has 0 bridgehead atoms. The van der Waals surface area contributed by atoms with Crippen LogP contribution in [0.25, 0.3) is 0 Å². The fraction of sp³-hybridized carbons (Fsp3) is 0.636. The van der Waals surface area contributed by atoms with Crippen LogP contribution >= 0.6 is 27.3 Å². The van der Waals surface area contributed by atoms with E-state index in [1.807, 2.05) is 6.92 Å². The second kappa shape index (κ2) is 5.58. The average molecular weight is 353 g/mol. The van der Waals surface area contributed by atoms with Crippen molar-refractivity contribution in [2.75, 3.05) is 13.1 Å². The summed E-state index contributed by atoms with van der Waals surface area (Å²) in [6.07, 6.45) is 2.83. The predicted molar refractivity (Wildman–Crippen MR) is 77.3 cm³/mol. The van der Waals surface area contributed by atoms with Gasteiger partial charge in [0.15, 0.2) is 0 Å². The van der Waals surface area contributed by atoms with E-state index in [-0.39, 0.29) is 6.04 Å². The summed E-state index contributed by atoms with van der Waals surface area (Å²) in [5.41, 5.74) is 5.70. The van der Waals surface area contributed by atoms with E-state index < -0.39 is 10.0 Å². The van der Waals surface area contributed by atoms with Crippen molar-refractivity contribution in [3.05, 3.63) is 14.7 Å². The second-order valence-corrected chi connectivity index (χ2v) is 8.97. The molecular formula is C11H17BrN2O2S2. The van der Waals surface area contributed by atoms with Crippen molar-refractivity contribution >= 4 is 37.3 Å². The van der Waals surface area contributed by atoms with Gasteiger partial charge in [0.05, 0.1) is 8.68 Å². The molecule has 1 fully saturated rings. The molecule has 102 valence electrons. The van der Waals surface area contributed by atoms with Gasteiger partial charge in [-0.3, -0.25) is 0 Å². The molecule has 0 aromatic carbocycles. The molecule has 2 N–H and O–H groups in total. The lowest BCUT2D eigenvalue weighted by Crippen LogP contribution is -2.47. The van der Waals surface area contributed by atoms with Gasteiger partial charge in [-0.2, -0.15) is 4.31 Å². The van der Waals surface area contributed by atoms with Crippen LogP contribution in [0.1, 0.15) is 24.1 Å². The lowest BCUT2D eigenvalue weighted by atomic mass is 10.1. The van der Waals surface area contributed by atoms with Gasteiger partial charge < -0.3 is 5.73 Å². The van der Waals surface area contributed by atoms with Gasteiger partial charge in [-0.25, -0.2) is 8.42 Å². The minimum absolute atomic E-state index is 0.0539. The minimum atomic E-state index is -3.40. The number of aryl methyl sites for hydroxylation is 1. The van der Waals surface area contributed by atoms with Crippen LogP contribution in [0.15, 0.2) is 14.7 Å². The Kier molecular flexibility index (Phi) is 4.48. The normalized spacial score (nSPS) is 22.3. The number of halogens is 1. The predicted octanol–water partition coefficient (Wildman–Crippen LogP) is 2.32. The Balaban J connectivity index is 2.38. The smallest absolute Gasteiger partial charge is 0.244 e. The van der Waals surface area contributed by atoms with Gasteiger partial charge in [-0.05, 0) is 41.8 Å². The molecule has 1 saturated heterocycles. The molecular weight excluding hydrogens is 336 g/mol. The van der Waals surface area contributed by atoms with Gasteiger partial charge in [0.2, 0.25) is 10.0 Å². The van der Waals surface area contributed by atoms with Crippen LogP contribution in [-0.2, 0) is 10.0 Å². The molecule has 0 amide bonds. The molecule has 1 aromatic heterocycles. The molecule has 1 aliphatic heterocycles. The highest BCUT2D eigenvalue weighted by Gasteiger charge is 2.34. The van der Waals surface area contributed by atoms with Crippen LogP contribution in [-0.4, -0.2) is 31.9 Å². The third-order valence-electron chi connectivity index (χ3n) is 3.27. The average Bonchev–Trinajstić information content (AvgIpc) is 2.69. The van der Waals surface area contributed by atoms with Gasteiger partial charge in [-0.15, -0.1) is 11.3 Å². The standard InChI is InChI=1S/C11H17BrN2O2S2/c1-8-10(6-11(12)17-8)18(15,16)14-5-3-2-4-9(14)7-13/h6,9H,2-5,7,13H2,1H3. The lowest BCUT2D eigenvalue weighted by Gasteiger charge is -2.33. The van der Waals surface area contributed by atoms with E-state index in [1.165, 1.54) is 11.3 Å². The molecule has 18 heavy (non-hydrogen) atoms. The van der Waals surface area contributed by atoms with Crippen LogP contribution < -0.4 is 5.73 Å². The molecule has 1 unspecified atom stereocenters. The third-order valence-corrected chi connectivity index (χ3v) is 7.03. The molecule has 0 saturated carbocycles. The minimum Gasteiger partial charge on any atom is -0.329 e. The number of rotatable bonds is 3. The van der Waals surface area contributed by atoms with Crippen LogP contribution in [0.5, 0.6) is 0 Å². The van der Waals surface area contributed by atoms with E-state index >= 15 is 0 Å². The summed E-state index contributed by atoms with van der Waals surface area (Å²) in [5.74, 6) is 0. The first-order valence-electron chi connectivity index (χ1n) is 5.94. The van der Waals surface area contributed by atoms with E-state index in [0.29, 0.717) is 18.0 Å². The highest BCUT2D eigenvalue weighted by molar-refractivity contribution is 9.11. The van der Waals surface area contributed by atoms with Crippen molar-refractivity contribution in [2.24, 2.45) is 5.73 Å². The Morgan fingerprint density at radius 2 is 2.28 bits per heavy atom. The first-order chi connectivity index (χ1) is 8.46. The quantitative estimate of drug-likeness (QED) is 0.907. The molecule has 2 heterocycles. The van der Waals surface area contributed by atoms with E-state index in [2.05, 4.69) is 15.9 Å². The largest absolute Gasteiger partial charge is 0.329 e. The molecule has 2 rings (SSSR count). The summed E-state index contributed by atoms with van der Waals surface area (Å²) in [4.78, 5) is 1.24. The maximum Gasteiger partial charge on any atom is 0.244 e. The zero-order valence-corrected chi connectivity index (χ0v) is 13.4. The Morgan fingerprint density at radius 3 is 2.83 bits per heavy atom. The summed E-state index contributed by atoms with van der Waals surface area (Å²) < 4.78 is 27.7. The van der Waals surface area contributed by atoms with E-state index in [9.17, 15) is 8.42 Å². The van der Waals surface area contributed by atoms with E-state index in [0.717, 1.165) is 27.9 Å². The number of nitrogens with two attached hydrogens (primary N) is 1. The SMILES string of the molecule is Cc1sc(Br)cc1S(=O)(=O)N1CCCCC1CN. The van der Waals surface area contributed by atoms with Crippen LogP contribution in [0.3, 0.4) is 0 Å². The van der Waals surface area contributed by atoms with Crippen molar-refractivity contribution in [1.82, 2.24) is 4.31 Å². The summed E-state index contributed by atoms with van der Waals surface area (Å²) in [6, 6.07) is 1.64. The molecule has 0 spiro atoms. The summed E-state index contributed by atoms with van der Waals surface area (Å²) in [6.45, 7) is 2.81. The van der Waals surface area contributed by atoms with Crippen LogP contribution in [0.2, 0.25) is 0 Å². The van der Waals surface area contributed by atoms with Crippen molar-refractivity contribution in [2.45, 2.75) is 37.1 Å². The number of sulfonamides is 1. The topological polar surface area (TPSA) is 63.4 Å². The van der Waals surface area contributed by atoms with E-state index in [1.54, 1.807) is 10.4 Å². The maximum absolute atomic E-state index is 12.6. The molecule has 0 aliphatic carbocycles. The molecule has 4 nitrogen and oxygen atoms in total. The lowest BCUT2D eigenvalue weighted by molar-refractivity contribution is 0.257. The highest BCUT2D eigenvalue weighted by atomic mass is 79.9. The molecule has 1 atom stereocenters. The van der Waals surface area contributed by atoms with Gasteiger partial charge in [-0.1, -0.05) is 6.42 Å². The Bertz CT molecular complexity index is 527. The summed E-state index contributed by atoms with van der Waals surface area (Å²) >= 11 is 4.79. The van der Waals surface area contributed by atoms with E-state index in [4.69, 9.17) is 5.73 Å². The van der Waals surface area contributed by atoms with Crippen LogP contribution in [0.4, 0.5) is 0 Å². The third kappa shape index (κ3) is 2.65. The number of piperidine rings is 1. The van der Waals surface area contributed by atoms with Gasteiger partial charge in [0, 0.05) is 24.0 Å². The van der Waals surface area contributed by atoms with Gasteiger partial charge >= 0.3 is 0 Å². The fourth-order valence-electron chi connectivity index (χ4n) is 2.34. The number of nitrogens with zero attached hydrogens (tertiary/aromatic N) is 1. The molecule has 7 heteroatoms. The highest BCUT2D eigenvalue weighted by Crippen LogP contribution is 2.33. The first kappa shape index (κ1) is 14.5. The van der Waals surface area contributed by atoms with Gasteiger partial charge in [0.25, 0.3) is 0 Å². The molecule has 0 radical (unpaired) electrons.